The van der Waals surface area contributed by atoms with Crippen molar-refractivity contribution >= 4 is 49.1 Å². The monoisotopic (exact) mass is 422 g/mol. The third-order valence-electron chi connectivity index (χ3n) is 3.56. The number of halogens is 2. The fourth-order valence-corrected chi connectivity index (χ4v) is 5.01. The molecule has 2 N–H and O–H groups in total. The van der Waals surface area contributed by atoms with Gasteiger partial charge in [-0.2, -0.15) is 0 Å². The normalized spacial score (nSPS) is 24.9. The van der Waals surface area contributed by atoms with Crippen LogP contribution in [-0.4, -0.2) is 22.4 Å². The highest BCUT2D eigenvalue weighted by Gasteiger charge is 2.39. The predicted molar refractivity (Wildman–Crippen MR) is 90.9 cm³/mol. The van der Waals surface area contributed by atoms with Gasteiger partial charge in [0.25, 0.3) is 0 Å². The third-order valence-corrected chi connectivity index (χ3v) is 6.89. The molecule has 0 bridgehead atoms. The fraction of sp³-hybridized carbons (Fsp3) is 0.643. The standard InChI is InChI=1S/C14H20Br2N2OS/c1-14(2,3)18-11(19)6-4-5-9(17)12(18)10-7-8(15)13(16)20-10/h7,9,12H,4-6,17H2,1-3H3. The molecule has 2 rings (SSSR count). The van der Waals surface area contributed by atoms with Crippen LogP contribution in [-0.2, 0) is 4.79 Å². The van der Waals surface area contributed by atoms with Crippen LogP contribution in [0.15, 0.2) is 14.3 Å². The Morgan fingerprint density at radius 2 is 2.05 bits per heavy atom. The molecular weight excluding hydrogens is 404 g/mol. The molecule has 0 radical (unpaired) electrons. The average Bonchev–Trinajstić information content (AvgIpc) is 2.54. The summed E-state index contributed by atoms with van der Waals surface area (Å²) in [6.07, 6.45) is 2.35. The fourth-order valence-electron chi connectivity index (χ4n) is 2.75. The van der Waals surface area contributed by atoms with E-state index in [1.165, 1.54) is 0 Å². The molecule has 1 saturated heterocycles. The summed E-state index contributed by atoms with van der Waals surface area (Å²) in [5, 5.41) is 0. The van der Waals surface area contributed by atoms with Crippen LogP contribution in [0.3, 0.4) is 0 Å². The van der Waals surface area contributed by atoms with Gasteiger partial charge in [0, 0.05) is 27.4 Å². The van der Waals surface area contributed by atoms with E-state index in [-0.39, 0.29) is 23.5 Å². The Morgan fingerprint density at radius 1 is 1.40 bits per heavy atom. The maximum atomic E-state index is 12.5. The summed E-state index contributed by atoms with van der Waals surface area (Å²) in [5.41, 5.74) is 6.17. The highest BCUT2D eigenvalue weighted by molar-refractivity contribution is 9.13. The van der Waals surface area contributed by atoms with E-state index >= 15 is 0 Å². The second kappa shape index (κ2) is 6.07. The second-order valence-corrected chi connectivity index (χ2v) is 9.46. The van der Waals surface area contributed by atoms with E-state index < -0.39 is 0 Å². The summed E-state index contributed by atoms with van der Waals surface area (Å²) in [5.74, 6) is 0.205. The molecule has 6 heteroatoms. The summed E-state index contributed by atoms with van der Waals surface area (Å²) in [6.45, 7) is 6.23. The Morgan fingerprint density at radius 3 is 2.55 bits per heavy atom. The van der Waals surface area contributed by atoms with Crippen molar-refractivity contribution in [1.29, 1.82) is 0 Å². The molecule has 1 aromatic rings. The quantitative estimate of drug-likeness (QED) is 0.724. The molecule has 20 heavy (non-hydrogen) atoms. The first kappa shape index (κ1) is 16.5. The van der Waals surface area contributed by atoms with E-state index in [0.29, 0.717) is 6.42 Å². The summed E-state index contributed by atoms with van der Waals surface area (Å²) in [4.78, 5) is 15.7. The number of likely N-dealkylation sites (tertiary alicyclic amines) is 1. The minimum atomic E-state index is -0.230. The maximum absolute atomic E-state index is 12.5. The minimum Gasteiger partial charge on any atom is -0.328 e. The Labute approximate surface area is 141 Å². The second-order valence-electron chi connectivity index (χ2n) is 6.21. The molecule has 1 fully saturated rings. The molecule has 0 aromatic carbocycles. The summed E-state index contributed by atoms with van der Waals surface area (Å²) < 4.78 is 2.07. The van der Waals surface area contributed by atoms with Gasteiger partial charge in [-0.15, -0.1) is 11.3 Å². The van der Waals surface area contributed by atoms with Crippen LogP contribution in [0, 0.1) is 0 Å². The van der Waals surface area contributed by atoms with Gasteiger partial charge in [0.05, 0.1) is 9.83 Å². The Kier molecular flexibility index (Phi) is 4.99. The Bertz CT molecular complexity index is 490. The van der Waals surface area contributed by atoms with Crippen LogP contribution < -0.4 is 5.73 Å². The molecule has 1 aliphatic rings. The zero-order valence-corrected chi connectivity index (χ0v) is 15.9. The lowest BCUT2D eigenvalue weighted by Crippen LogP contribution is -2.51. The number of carbonyl (C=O) groups excluding carboxylic acids is 1. The van der Waals surface area contributed by atoms with Gasteiger partial charge in [0.1, 0.15) is 0 Å². The first-order valence-electron chi connectivity index (χ1n) is 6.74. The summed E-state index contributed by atoms with van der Waals surface area (Å²) >= 11 is 8.71. The molecule has 1 amide bonds. The molecule has 112 valence electrons. The molecule has 3 nitrogen and oxygen atoms in total. The van der Waals surface area contributed by atoms with Crippen molar-refractivity contribution < 1.29 is 4.79 Å². The van der Waals surface area contributed by atoms with Gasteiger partial charge < -0.3 is 10.6 Å². The number of carbonyl (C=O) groups is 1. The van der Waals surface area contributed by atoms with E-state index in [2.05, 4.69) is 58.7 Å². The van der Waals surface area contributed by atoms with Crippen molar-refractivity contribution in [2.24, 2.45) is 5.73 Å². The van der Waals surface area contributed by atoms with Crippen molar-refractivity contribution in [3.63, 3.8) is 0 Å². The highest BCUT2D eigenvalue weighted by Crippen LogP contribution is 2.42. The lowest BCUT2D eigenvalue weighted by Gasteiger charge is -2.42. The van der Waals surface area contributed by atoms with Crippen LogP contribution in [0.4, 0.5) is 0 Å². The van der Waals surface area contributed by atoms with Crippen LogP contribution in [0.5, 0.6) is 0 Å². The number of hydrogen-bond donors (Lipinski definition) is 1. The molecular formula is C14H20Br2N2OS. The van der Waals surface area contributed by atoms with Gasteiger partial charge in [-0.25, -0.2) is 0 Å². The van der Waals surface area contributed by atoms with Crippen molar-refractivity contribution in [1.82, 2.24) is 4.90 Å². The van der Waals surface area contributed by atoms with Crippen molar-refractivity contribution in [3.8, 4) is 0 Å². The summed E-state index contributed by atoms with van der Waals surface area (Å²) in [6, 6.07) is 2.02. The topological polar surface area (TPSA) is 46.3 Å². The zero-order chi connectivity index (χ0) is 15.1. The molecule has 0 saturated carbocycles. The largest absolute Gasteiger partial charge is 0.328 e. The lowest BCUT2D eigenvalue weighted by molar-refractivity contribution is -0.138. The maximum Gasteiger partial charge on any atom is 0.223 e. The Balaban J connectivity index is 2.49. The predicted octanol–water partition coefficient (Wildman–Crippen LogP) is 4.45. The van der Waals surface area contributed by atoms with Crippen LogP contribution >= 0.6 is 43.2 Å². The highest BCUT2D eigenvalue weighted by atomic mass is 79.9. The smallest absolute Gasteiger partial charge is 0.223 e. The van der Waals surface area contributed by atoms with E-state index in [1.807, 2.05) is 4.90 Å². The molecule has 2 unspecified atom stereocenters. The SMILES string of the molecule is CC(C)(C)N1C(=O)CCCC(N)C1c1cc(Br)c(Br)s1. The van der Waals surface area contributed by atoms with Crippen molar-refractivity contribution in [3.05, 3.63) is 19.2 Å². The number of rotatable bonds is 1. The number of nitrogens with two attached hydrogens (primary N) is 1. The summed E-state index contributed by atoms with van der Waals surface area (Å²) in [7, 11) is 0. The number of thiophene rings is 1. The zero-order valence-electron chi connectivity index (χ0n) is 12.0. The van der Waals surface area contributed by atoms with Gasteiger partial charge in [0.2, 0.25) is 5.91 Å². The van der Waals surface area contributed by atoms with Crippen LogP contribution in [0.1, 0.15) is 51.0 Å². The van der Waals surface area contributed by atoms with Gasteiger partial charge in [-0.05, 0) is 71.5 Å². The minimum absolute atomic E-state index is 0.0156. The number of nitrogens with zero attached hydrogens (tertiary/aromatic N) is 1. The van der Waals surface area contributed by atoms with Gasteiger partial charge in [0.15, 0.2) is 0 Å². The average molecular weight is 424 g/mol. The van der Waals surface area contributed by atoms with Crippen LogP contribution in [0.2, 0.25) is 0 Å². The Hall–Kier alpha value is 0.0900. The van der Waals surface area contributed by atoms with Gasteiger partial charge in [-0.1, -0.05) is 0 Å². The van der Waals surface area contributed by atoms with E-state index in [0.717, 1.165) is 26.0 Å². The molecule has 2 atom stereocenters. The van der Waals surface area contributed by atoms with Crippen LogP contribution in [0.25, 0.3) is 0 Å². The van der Waals surface area contributed by atoms with Gasteiger partial charge >= 0.3 is 0 Å². The number of amides is 1. The molecule has 2 heterocycles. The molecule has 0 aliphatic carbocycles. The van der Waals surface area contributed by atoms with E-state index in [9.17, 15) is 4.79 Å². The molecule has 0 spiro atoms. The molecule has 1 aromatic heterocycles. The first-order valence-corrected chi connectivity index (χ1v) is 9.14. The lowest BCUT2D eigenvalue weighted by atomic mass is 9.97. The van der Waals surface area contributed by atoms with E-state index in [1.54, 1.807) is 11.3 Å². The first-order chi connectivity index (χ1) is 9.21. The molecule has 1 aliphatic heterocycles. The van der Waals surface area contributed by atoms with E-state index in [4.69, 9.17) is 5.73 Å². The third kappa shape index (κ3) is 3.29. The number of hydrogen-bond acceptors (Lipinski definition) is 3. The van der Waals surface area contributed by atoms with Crippen molar-refractivity contribution in [2.75, 3.05) is 0 Å². The van der Waals surface area contributed by atoms with Crippen molar-refractivity contribution in [2.45, 2.75) is 57.7 Å². The van der Waals surface area contributed by atoms with Gasteiger partial charge in [-0.3, -0.25) is 4.79 Å².